The molecule has 1 aliphatic rings. The Morgan fingerprint density at radius 1 is 1.00 bits per heavy atom. The summed E-state index contributed by atoms with van der Waals surface area (Å²) in [5.74, 6) is -0.0474. The molecule has 10 heteroatoms. The van der Waals surface area contributed by atoms with Gasteiger partial charge in [0.2, 0.25) is 11.8 Å². The Morgan fingerprint density at radius 2 is 1.67 bits per heavy atom. The minimum Gasteiger partial charge on any atom is -0.497 e. The number of carbonyl (C=O) groups excluding carboxylic acids is 2. The van der Waals surface area contributed by atoms with E-state index in [-0.39, 0.29) is 23.4 Å². The van der Waals surface area contributed by atoms with Gasteiger partial charge in [0.25, 0.3) is 10.0 Å². The predicted octanol–water partition coefficient (Wildman–Crippen LogP) is 6.11. The van der Waals surface area contributed by atoms with Crippen LogP contribution in [-0.4, -0.2) is 50.9 Å². The van der Waals surface area contributed by atoms with Gasteiger partial charge in [-0.2, -0.15) is 0 Å². The van der Waals surface area contributed by atoms with E-state index in [1.54, 1.807) is 62.6 Å². The number of hydrogen-bond donors (Lipinski definition) is 1. The molecule has 0 aliphatic heterocycles. The topological polar surface area (TPSA) is 96.0 Å². The number of ether oxygens (including phenoxy) is 1. The lowest BCUT2D eigenvalue weighted by atomic mass is 9.95. The average Bonchev–Trinajstić information content (AvgIpc) is 3.01. The maximum atomic E-state index is 14.3. The molecule has 8 nitrogen and oxygen atoms in total. The van der Waals surface area contributed by atoms with Crippen LogP contribution in [0.3, 0.4) is 0 Å². The number of nitrogens with one attached hydrogen (secondary N) is 1. The lowest BCUT2D eigenvalue weighted by molar-refractivity contribution is -0.140. The summed E-state index contributed by atoms with van der Waals surface area (Å²) in [6.45, 7) is 3.24. The van der Waals surface area contributed by atoms with Crippen molar-refractivity contribution in [3.05, 3.63) is 88.9 Å². The van der Waals surface area contributed by atoms with E-state index in [2.05, 4.69) is 5.32 Å². The normalized spacial score (nSPS) is 14.5. The molecular formula is C33H40ClN3O5S. The molecule has 2 amide bonds. The van der Waals surface area contributed by atoms with Crippen LogP contribution in [0.4, 0.5) is 5.69 Å². The second-order valence-electron chi connectivity index (χ2n) is 10.9. The van der Waals surface area contributed by atoms with Crippen molar-refractivity contribution in [3.8, 4) is 5.75 Å². The number of halogens is 1. The molecule has 0 unspecified atom stereocenters. The molecule has 0 bridgehead atoms. The molecule has 0 heterocycles. The zero-order valence-electron chi connectivity index (χ0n) is 25.0. The van der Waals surface area contributed by atoms with E-state index in [1.807, 2.05) is 19.1 Å². The zero-order valence-corrected chi connectivity index (χ0v) is 26.5. The largest absolute Gasteiger partial charge is 0.497 e. The molecular weight excluding hydrogens is 586 g/mol. The van der Waals surface area contributed by atoms with Crippen LogP contribution in [-0.2, 0) is 26.2 Å². The average molecular weight is 626 g/mol. The van der Waals surface area contributed by atoms with Gasteiger partial charge >= 0.3 is 0 Å². The highest BCUT2D eigenvalue weighted by atomic mass is 35.5. The van der Waals surface area contributed by atoms with Crippen LogP contribution in [0.15, 0.2) is 77.7 Å². The summed E-state index contributed by atoms with van der Waals surface area (Å²) in [4.78, 5) is 29.5. The first kappa shape index (κ1) is 32.4. The first-order valence-corrected chi connectivity index (χ1v) is 16.5. The van der Waals surface area contributed by atoms with Crippen LogP contribution in [0.5, 0.6) is 5.75 Å². The van der Waals surface area contributed by atoms with Crippen LogP contribution in [0.25, 0.3) is 0 Å². The van der Waals surface area contributed by atoms with E-state index in [0.29, 0.717) is 28.4 Å². The zero-order chi connectivity index (χ0) is 31.0. The summed E-state index contributed by atoms with van der Waals surface area (Å²) in [6.07, 6.45) is 5.46. The molecule has 4 rings (SSSR count). The molecule has 43 heavy (non-hydrogen) atoms. The number of amides is 2. The second-order valence-corrected chi connectivity index (χ2v) is 13.2. The number of aryl methyl sites for hydroxylation is 1. The quantitative estimate of drug-likeness (QED) is 0.262. The monoisotopic (exact) mass is 625 g/mol. The Hall–Kier alpha value is -3.56. The van der Waals surface area contributed by atoms with Gasteiger partial charge in [0, 0.05) is 17.6 Å². The summed E-state index contributed by atoms with van der Waals surface area (Å²) in [6, 6.07) is 19.4. The van der Waals surface area contributed by atoms with Crippen LogP contribution < -0.4 is 14.4 Å². The fourth-order valence-corrected chi connectivity index (χ4v) is 7.25. The summed E-state index contributed by atoms with van der Waals surface area (Å²) < 4.78 is 34.4. The lowest BCUT2D eigenvalue weighted by Crippen LogP contribution is -2.54. The van der Waals surface area contributed by atoms with Crippen LogP contribution in [0, 0.1) is 6.92 Å². The highest BCUT2D eigenvalue weighted by Crippen LogP contribution is 2.30. The Bertz CT molecular complexity index is 1490. The Labute approximate surface area is 260 Å². The number of hydrogen-bond acceptors (Lipinski definition) is 5. The van der Waals surface area contributed by atoms with E-state index >= 15 is 0 Å². The third-order valence-electron chi connectivity index (χ3n) is 7.89. The van der Waals surface area contributed by atoms with Gasteiger partial charge in [0.05, 0.1) is 17.7 Å². The molecule has 3 aromatic carbocycles. The highest BCUT2D eigenvalue weighted by Gasteiger charge is 2.35. The van der Waals surface area contributed by atoms with Gasteiger partial charge in [0.15, 0.2) is 0 Å². The molecule has 1 atom stereocenters. The van der Waals surface area contributed by atoms with Gasteiger partial charge in [-0.3, -0.25) is 13.9 Å². The summed E-state index contributed by atoms with van der Waals surface area (Å²) in [7, 11) is -2.57. The van der Waals surface area contributed by atoms with Crippen molar-refractivity contribution in [2.45, 2.75) is 75.9 Å². The number of benzene rings is 3. The van der Waals surface area contributed by atoms with Gasteiger partial charge in [-0.25, -0.2) is 8.42 Å². The van der Waals surface area contributed by atoms with E-state index in [0.717, 1.165) is 42.0 Å². The molecule has 1 fully saturated rings. The molecule has 1 N–H and O–H groups in total. The molecule has 0 radical (unpaired) electrons. The standard InChI is InChI=1S/C33H40ClN3O5S/c1-4-30(33(39)35-27-11-7-5-8-12-27)36(22-25-15-18-28(42-3)19-16-25)32(38)23-37(31-20-17-26(34)21-24(31)2)43(40,41)29-13-9-6-10-14-29/h6,9-10,13-21,27,30H,4-5,7-8,11-12,22-23H2,1-3H3,(H,35,39)/t30-/m0/s1. The molecule has 230 valence electrons. The van der Waals surface area contributed by atoms with E-state index < -0.39 is 28.5 Å². The Morgan fingerprint density at radius 3 is 2.28 bits per heavy atom. The third kappa shape index (κ3) is 8.09. The van der Waals surface area contributed by atoms with Gasteiger partial charge in [-0.05, 0) is 79.8 Å². The smallest absolute Gasteiger partial charge is 0.264 e. The van der Waals surface area contributed by atoms with Crippen LogP contribution in [0.1, 0.15) is 56.6 Å². The van der Waals surface area contributed by atoms with Crippen molar-refractivity contribution in [2.75, 3.05) is 18.0 Å². The van der Waals surface area contributed by atoms with Crippen LogP contribution >= 0.6 is 11.6 Å². The SMILES string of the molecule is CC[C@@H](C(=O)NC1CCCCC1)N(Cc1ccc(OC)cc1)C(=O)CN(c1ccc(Cl)cc1C)S(=O)(=O)c1ccccc1. The van der Waals surface area contributed by atoms with Gasteiger partial charge in [0.1, 0.15) is 18.3 Å². The molecule has 1 saturated carbocycles. The predicted molar refractivity (Wildman–Crippen MR) is 170 cm³/mol. The van der Waals surface area contributed by atoms with E-state index in [4.69, 9.17) is 16.3 Å². The fourth-order valence-electron chi connectivity index (χ4n) is 5.52. The lowest BCUT2D eigenvalue weighted by Gasteiger charge is -2.34. The molecule has 0 aromatic heterocycles. The van der Waals surface area contributed by atoms with Gasteiger partial charge < -0.3 is 15.0 Å². The number of sulfonamides is 1. The molecule has 0 saturated heterocycles. The van der Waals surface area contributed by atoms with Crippen molar-refractivity contribution in [3.63, 3.8) is 0 Å². The van der Waals surface area contributed by atoms with Crippen molar-refractivity contribution in [2.24, 2.45) is 0 Å². The van der Waals surface area contributed by atoms with Crippen molar-refractivity contribution in [1.29, 1.82) is 0 Å². The van der Waals surface area contributed by atoms with Gasteiger partial charge in [-0.1, -0.05) is 68.1 Å². The minimum absolute atomic E-state index is 0.0564. The number of anilines is 1. The van der Waals surface area contributed by atoms with Gasteiger partial charge in [-0.15, -0.1) is 0 Å². The molecule has 1 aliphatic carbocycles. The maximum absolute atomic E-state index is 14.3. The first-order chi connectivity index (χ1) is 20.6. The van der Waals surface area contributed by atoms with E-state index in [1.165, 1.54) is 17.0 Å². The third-order valence-corrected chi connectivity index (χ3v) is 9.90. The number of rotatable bonds is 12. The molecule has 3 aromatic rings. The van der Waals surface area contributed by atoms with Crippen molar-refractivity contribution in [1.82, 2.24) is 10.2 Å². The van der Waals surface area contributed by atoms with E-state index in [9.17, 15) is 18.0 Å². The van der Waals surface area contributed by atoms with Crippen LogP contribution in [0.2, 0.25) is 5.02 Å². The summed E-state index contributed by atoms with van der Waals surface area (Å²) in [5, 5.41) is 3.62. The number of carbonyl (C=O) groups is 2. The van der Waals surface area contributed by atoms with Crippen molar-refractivity contribution < 1.29 is 22.7 Å². The fraction of sp³-hybridized carbons (Fsp3) is 0.394. The number of methoxy groups -OCH3 is 1. The maximum Gasteiger partial charge on any atom is 0.264 e. The highest BCUT2D eigenvalue weighted by molar-refractivity contribution is 7.92. The number of nitrogens with zero attached hydrogens (tertiary/aromatic N) is 2. The first-order valence-electron chi connectivity index (χ1n) is 14.7. The molecule has 0 spiro atoms. The minimum atomic E-state index is -4.15. The summed E-state index contributed by atoms with van der Waals surface area (Å²) in [5.41, 5.74) is 1.73. The Kier molecular flexibility index (Phi) is 11.1. The second kappa shape index (κ2) is 14.8. The Balaban J connectivity index is 1.72. The van der Waals surface area contributed by atoms with Crippen molar-refractivity contribution >= 4 is 39.1 Å². The summed E-state index contributed by atoms with van der Waals surface area (Å²) >= 11 is 6.20.